The number of benzene rings is 2. The first-order valence-corrected chi connectivity index (χ1v) is 8.33. The van der Waals surface area contributed by atoms with Crippen molar-refractivity contribution in [1.29, 1.82) is 0 Å². The van der Waals surface area contributed by atoms with Crippen molar-refractivity contribution >= 4 is 33.2 Å². The molecule has 2 aromatic carbocycles. The predicted octanol–water partition coefficient (Wildman–Crippen LogP) is 4.93. The SMILES string of the molecule is O=C(OCc1csc(-c2ccccc2)n1)c1ccccc1Br. The predicted molar refractivity (Wildman–Crippen MR) is 90.8 cm³/mol. The van der Waals surface area contributed by atoms with E-state index >= 15 is 0 Å². The Morgan fingerprint density at radius 3 is 2.59 bits per heavy atom. The normalized spacial score (nSPS) is 10.4. The number of thiazole rings is 1. The highest BCUT2D eigenvalue weighted by Gasteiger charge is 2.12. The third kappa shape index (κ3) is 3.43. The molecule has 0 unspecified atom stereocenters. The number of rotatable bonds is 4. The van der Waals surface area contributed by atoms with Crippen LogP contribution in [0.15, 0.2) is 64.5 Å². The van der Waals surface area contributed by atoms with E-state index in [0.717, 1.165) is 20.7 Å². The molecule has 0 bridgehead atoms. The van der Waals surface area contributed by atoms with Crippen molar-refractivity contribution in [3.05, 3.63) is 75.7 Å². The van der Waals surface area contributed by atoms with Gasteiger partial charge in [-0.15, -0.1) is 11.3 Å². The van der Waals surface area contributed by atoms with Gasteiger partial charge < -0.3 is 4.74 Å². The lowest BCUT2D eigenvalue weighted by Crippen LogP contribution is -2.06. The van der Waals surface area contributed by atoms with E-state index in [1.807, 2.05) is 47.8 Å². The van der Waals surface area contributed by atoms with Crippen LogP contribution < -0.4 is 0 Å². The van der Waals surface area contributed by atoms with Gasteiger partial charge in [-0.2, -0.15) is 0 Å². The maximum absolute atomic E-state index is 12.0. The average molecular weight is 374 g/mol. The van der Waals surface area contributed by atoms with Gasteiger partial charge in [0.25, 0.3) is 0 Å². The zero-order valence-electron chi connectivity index (χ0n) is 11.5. The van der Waals surface area contributed by atoms with Crippen LogP contribution >= 0.6 is 27.3 Å². The first-order valence-electron chi connectivity index (χ1n) is 6.65. The second kappa shape index (κ2) is 6.85. The molecule has 1 aromatic heterocycles. The summed E-state index contributed by atoms with van der Waals surface area (Å²) in [6.07, 6.45) is 0. The first kappa shape index (κ1) is 14.9. The highest BCUT2D eigenvalue weighted by Crippen LogP contribution is 2.24. The number of halogens is 1. The van der Waals surface area contributed by atoms with Gasteiger partial charge in [0, 0.05) is 15.4 Å². The minimum atomic E-state index is -0.360. The van der Waals surface area contributed by atoms with Crippen molar-refractivity contribution in [3.8, 4) is 10.6 Å². The highest BCUT2D eigenvalue weighted by atomic mass is 79.9. The molecule has 0 aliphatic carbocycles. The van der Waals surface area contributed by atoms with Gasteiger partial charge in [0.15, 0.2) is 0 Å². The minimum absolute atomic E-state index is 0.170. The molecule has 0 fully saturated rings. The Morgan fingerprint density at radius 1 is 1.09 bits per heavy atom. The third-order valence-electron chi connectivity index (χ3n) is 3.02. The van der Waals surface area contributed by atoms with Crippen molar-refractivity contribution < 1.29 is 9.53 Å². The summed E-state index contributed by atoms with van der Waals surface area (Å²) in [6, 6.07) is 17.1. The van der Waals surface area contributed by atoms with Gasteiger partial charge in [-0.25, -0.2) is 9.78 Å². The standard InChI is InChI=1S/C17H12BrNO2S/c18-15-9-5-4-8-14(15)17(20)21-10-13-11-22-16(19-13)12-6-2-1-3-7-12/h1-9,11H,10H2. The van der Waals surface area contributed by atoms with Gasteiger partial charge >= 0.3 is 5.97 Å². The molecule has 0 saturated carbocycles. The van der Waals surface area contributed by atoms with E-state index in [0.29, 0.717) is 5.56 Å². The summed E-state index contributed by atoms with van der Waals surface area (Å²) in [5.41, 5.74) is 2.33. The number of nitrogens with zero attached hydrogens (tertiary/aromatic N) is 1. The first-order chi connectivity index (χ1) is 10.7. The van der Waals surface area contributed by atoms with Crippen LogP contribution in [-0.4, -0.2) is 11.0 Å². The lowest BCUT2D eigenvalue weighted by Gasteiger charge is -2.04. The van der Waals surface area contributed by atoms with E-state index in [1.165, 1.54) is 0 Å². The van der Waals surface area contributed by atoms with Crippen LogP contribution in [0.3, 0.4) is 0 Å². The van der Waals surface area contributed by atoms with Crippen molar-refractivity contribution in [2.75, 3.05) is 0 Å². The molecule has 0 amide bonds. The number of esters is 1. The Labute approximate surface area is 140 Å². The second-order valence-electron chi connectivity index (χ2n) is 4.57. The number of hydrogen-bond donors (Lipinski definition) is 0. The molecular formula is C17H12BrNO2S. The summed E-state index contributed by atoms with van der Waals surface area (Å²) in [7, 11) is 0. The molecule has 3 rings (SSSR count). The molecule has 0 radical (unpaired) electrons. The van der Waals surface area contributed by atoms with Crippen molar-refractivity contribution in [2.24, 2.45) is 0 Å². The molecule has 5 heteroatoms. The minimum Gasteiger partial charge on any atom is -0.456 e. The number of carbonyl (C=O) groups excluding carboxylic acids is 1. The molecule has 3 aromatic rings. The summed E-state index contributed by atoms with van der Waals surface area (Å²) in [5.74, 6) is -0.360. The molecule has 0 saturated heterocycles. The highest BCUT2D eigenvalue weighted by molar-refractivity contribution is 9.10. The molecule has 22 heavy (non-hydrogen) atoms. The van der Waals surface area contributed by atoms with E-state index in [2.05, 4.69) is 20.9 Å². The Hall–Kier alpha value is -1.98. The molecule has 0 aliphatic heterocycles. The number of carbonyl (C=O) groups is 1. The van der Waals surface area contributed by atoms with Gasteiger partial charge in [-0.05, 0) is 28.1 Å². The maximum Gasteiger partial charge on any atom is 0.339 e. The lowest BCUT2D eigenvalue weighted by atomic mass is 10.2. The molecule has 0 spiro atoms. The van der Waals surface area contributed by atoms with Crippen LogP contribution in [0, 0.1) is 0 Å². The van der Waals surface area contributed by atoms with Gasteiger partial charge in [-0.3, -0.25) is 0 Å². The van der Waals surface area contributed by atoms with Crippen LogP contribution in [0.2, 0.25) is 0 Å². The van der Waals surface area contributed by atoms with Crippen LogP contribution in [0.5, 0.6) is 0 Å². The maximum atomic E-state index is 12.0. The zero-order chi connectivity index (χ0) is 15.4. The molecular weight excluding hydrogens is 362 g/mol. The molecule has 0 aliphatic rings. The molecule has 1 heterocycles. The van der Waals surface area contributed by atoms with Crippen LogP contribution in [0.4, 0.5) is 0 Å². The summed E-state index contributed by atoms with van der Waals surface area (Å²) >= 11 is 4.89. The van der Waals surface area contributed by atoms with Gasteiger partial charge in [0.1, 0.15) is 11.6 Å². The van der Waals surface area contributed by atoms with Crippen LogP contribution in [0.1, 0.15) is 16.1 Å². The Kier molecular flexibility index (Phi) is 4.65. The smallest absolute Gasteiger partial charge is 0.339 e. The van der Waals surface area contributed by atoms with Crippen LogP contribution in [0.25, 0.3) is 10.6 Å². The molecule has 3 nitrogen and oxygen atoms in total. The van der Waals surface area contributed by atoms with Crippen molar-refractivity contribution in [3.63, 3.8) is 0 Å². The number of hydrogen-bond acceptors (Lipinski definition) is 4. The van der Waals surface area contributed by atoms with E-state index in [-0.39, 0.29) is 12.6 Å². The third-order valence-corrected chi connectivity index (χ3v) is 4.65. The second-order valence-corrected chi connectivity index (χ2v) is 6.28. The van der Waals surface area contributed by atoms with E-state index in [1.54, 1.807) is 23.5 Å². The molecule has 0 N–H and O–H groups in total. The summed E-state index contributed by atoms with van der Waals surface area (Å²) in [5, 5.41) is 2.84. The van der Waals surface area contributed by atoms with Crippen molar-refractivity contribution in [1.82, 2.24) is 4.98 Å². The van der Waals surface area contributed by atoms with Gasteiger partial charge in [0.2, 0.25) is 0 Å². The lowest BCUT2D eigenvalue weighted by molar-refractivity contribution is 0.0467. The van der Waals surface area contributed by atoms with Gasteiger partial charge in [0.05, 0.1) is 11.3 Å². The summed E-state index contributed by atoms with van der Waals surface area (Å²) in [4.78, 5) is 16.5. The molecule has 110 valence electrons. The fourth-order valence-electron chi connectivity index (χ4n) is 1.93. The van der Waals surface area contributed by atoms with Gasteiger partial charge in [-0.1, -0.05) is 42.5 Å². The summed E-state index contributed by atoms with van der Waals surface area (Å²) < 4.78 is 6.04. The largest absolute Gasteiger partial charge is 0.456 e. The topological polar surface area (TPSA) is 39.2 Å². The monoisotopic (exact) mass is 373 g/mol. The fraction of sp³-hybridized carbons (Fsp3) is 0.0588. The quantitative estimate of drug-likeness (QED) is 0.608. The van der Waals surface area contributed by atoms with Crippen molar-refractivity contribution in [2.45, 2.75) is 6.61 Å². The zero-order valence-corrected chi connectivity index (χ0v) is 13.9. The molecule has 0 atom stereocenters. The Morgan fingerprint density at radius 2 is 1.82 bits per heavy atom. The Balaban J connectivity index is 1.67. The fourth-order valence-corrected chi connectivity index (χ4v) is 3.19. The van der Waals surface area contributed by atoms with E-state index < -0.39 is 0 Å². The average Bonchev–Trinajstić information content (AvgIpc) is 3.03. The summed E-state index contributed by atoms with van der Waals surface area (Å²) in [6.45, 7) is 0.170. The number of ether oxygens (including phenoxy) is 1. The van der Waals surface area contributed by atoms with E-state index in [9.17, 15) is 4.79 Å². The number of aromatic nitrogens is 1. The Bertz CT molecular complexity index is 786. The van der Waals surface area contributed by atoms with E-state index in [4.69, 9.17) is 4.74 Å². The van der Waals surface area contributed by atoms with Crippen LogP contribution in [-0.2, 0) is 11.3 Å².